The van der Waals surface area contributed by atoms with Crippen LogP contribution >= 0.6 is 11.8 Å². The highest BCUT2D eigenvalue weighted by molar-refractivity contribution is 7.98. The van der Waals surface area contributed by atoms with Gasteiger partial charge in [-0.05, 0) is 38.5 Å². The summed E-state index contributed by atoms with van der Waals surface area (Å²) in [5.74, 6) is 0.700. The number of ether oxygens (including phenoxy) is 1. The minimum atomic E-state index is -0.202. The molecule has 0 aromatic rings. The summed E-state index contributed by atoms with van der Waals surface area (Å²) in [7, 11) is 0. The fourth-order valence-electron chi connectivity index (χ4n) is 1.54. The summed E-state index contributed by atoms with van der Waals surface area (Å²) in [5.41, 5.74) is 0.668. The molecule has 72 valence electrons. The predicted molar refractivity (Wildman–Crippen MR) is 55.4 cm³/mol. The van der Waals surface area contributed by atoms with Crippen molar-refractivity contribution in [2.75, 3.05) is 12.2 Å². The van der Waals surface area contributed by atoms with Gasteiger partial charge in [-0.2, -0.15) is 5.26 Å². The van der Waals surface area contributed by atoms with Gasteiger partial charge < -0.3 is 4.74 Å². The van der Waals surface area contributed by atoms with Gasteiger partial charge in [0.05, 0.1) is 17.6 Å². The van der Waals surface area contributed by atoms with E-state index in [4.69, 9.17) is 10.00 Å². The molecule has 0 spiro atoms. The summed E-state index contributed by atoms with van der Waals surface area (Å²) < 4.78 is 5.69. The van der Waals surface area contributed by atoms with Crippen LogP contribution in [0.15, 0.2) is 11.6 Å². The lowest BCUT2D eigenvalue weighted by molar-refractivity contribution is 0.0250. The van der Waals surface area contributed by atoms with Crippen LogP contribution in [0.3, 0.4) is 0 Å². The van der Waals surface area contributed by atoms with E-state index in [-0.39, 0.29) is 5.60 Å². The van der Waals surface area contributed by atoms with E-state index in [1.54, 1.807) is 11.8 Å². The van der Waals surface area contributed by atoms with E-state index in [2.05, 4.69) is 13.0 Å². The van der Waals surface area contributed by atoms with E-state index < -0.39 is 0 Å². The van der Waals surface area contributed by atoms with Crippen molar-refractivity contribution in [1.82, 2.24) is 0 Å². The van der Waals surface area contributed by atoms with Gasteiger partial charge in [0.15, 0.2) is 0 Å². The highest BCUT2D eigenvalue weighted by Crippen LogP contribution is 2.29. The van der Waals surface area contributed by atoms with E-state index in [1.807, 2.05) is 12.3 Å². The summed E-state index contributed by atoms with van der Waals surface area (Å²) >= 11 is 1.67. The zero-order valence-corrected chi connectivity index (χ0v) is 8.99. The quantitative estimate of drug-likeness (QED) is 0.652. The lowest BCUT2D eigenvalue weighted by Gasteiger charge is -2.29. The van der Waals surface area contributed by atoms with Crippen molar-refractivity contribution in [3.8, 4) is 6.07 Å². The minimum Gasteiger partial charge on any atom is -0.361 e. The Bertz CT molecular complexity index is 244. The first-order valence-electron chi connectivity index (χ1n) is 4.45. The number of hydrogen-bond donors (Lipinski definition) is 0. The molecule has 1 unspecified atom stereocenters. The molecule has 0 aromatic heterocycles. The van der Waals surface area contributed by atoms with E-state index in [9.17, 15) is 0 Å². The van der Waals surface area contributed by atoms with Crippen LogP contribution in [0.1, 0.15) is 26.2 Å². The molecule has 3 heteroatoms. The maximum absolute atomic E-state index is 8.77. The molecule has 0 heterocycles. The van der Waals surface area contributed by atoms with Crippen LogP contribution in [-0.2, 0) is 4.74 Å². The van der Waals surface area contributed by atoms with Gasteiger partial charge in [0, 0.05) is 5.57 Å². The van der Waals surface area contributed by atoms with Gasteiger partial charge in [-0.1, -0.05) is 0 Å². The number of nitriles is 1. The van der Waals surface area contributed by atoms with Crippen LogP contribution < -0.4 is 0 Å². The Morgan fingerprint density at radius 1 is 1.77 bits per heavy atom. The average Bonchev–Trinajstić information content (AvgIpc) is 2.15. The van der Waals surface area contributed by atoms with Crippen molar-refractivity contribution in [3.63, 3.8) is 0 Å². The molecule has 0 N–H and O–H groups in total. The molecule has 0 amide bonds. The third-order valence-corrected chi connectivity index (χ3v) is 2.60. The Morgan fingerprint density at radius 3 is 3.15 bits per heavy atom. The van der Waals surface area contributed by atoms with Crippen LogP contribution in [0.2, 0.25) is 0 Å². The van der Waals surface area contributed by atoms with Crippen molar-refractivity contribution in [3.05, 3.63) is 11.6 Å². The first-order chi connectivity index (χ1) is 6.20. The minimum absolute atomic E-state index is 0.202. The van der Waals surface area contributed by atoms with Gasteiger partial charge in [0.2, 0.25) is 0 Å². The van der Waals surface area contributed by atoms with Crippen molar-refractivity contribution < 1.29 is 4.74 Å². The fraction of sp³-hybridized carbons (Fsp3) is 0.700. The van der Waals surface area contributed by atoms with E-state index in [0.29, 0.717) is 5.94 Å². The van der Waals surface area contributed by atoms with Crippen LogP contribution in [-0.4, -0.2) is 17.8 Å². The molecule has 0 saturated heterocycles. The third kappa shape index (κ3) is 3.06. The lowest BCUT2D eigenvalue weighted by Crippen LogP contribution is -2.28. The van der Waals surface area contributed by atoms with E-state index in [0.717, 1.165) is 24.8 Å². The highest BCUT2D eigenvalue weighted by atomic mass is 32.2. The van der Waals surface area contributed by atoms with Crippen molar-refractivity contribution in [2.24, 2.45) is 0 Å². The molecule has 0 aliphatic heterocycles. The summed E-state index contributed by atoms with van der Waals surface area (Å²) in [6.07, 6.45) is 6.99. The second-order valence-electron chi connectivity index (χ2n) is 3.50. The number of rotatable bonds is 3. The first kappa shape index (κ1) is 10.6. The van der Waals surface area contributed by atoms with Gasteiger partial charge in [0.25, 0.3) is 0 Å². The standard InChI is InChI=1S/C10H15NOS/c1-10(12-8-13-2)5-3-4-9(6-10)7-11/h6H,3-5,8H2,1-2H3. The van der Waals surface area contributed by atoms with Crippen LogP contribution in [0, 0.1) is 11.3 Å². The Morgan fingerprint density at radius 2 is 2.54 bits per heavy atom. The number of hydrogen-bond acceptors (Lipinski definition) is 3. The molecule has 0 radical (unpaired) electrons. The van der Waals surface area contributed by atoms with Gasteiger partial charge in [-0.15, -0.1) is 11.8 Å². The Hall–Kier alpha value is -0.460. The molecule has 1 atom stereocenters. The van der Waals surface area contributed by atoms with E-state index >= 15 is 0 Å². The lowest BCUT2D eigenvalue weighted by atomic mass is 9.88. The van der Waals surface area contributed by atoms with Crippen molar-refractivity contribution in [2.45, 2.75) is 31.8 Å². The highest BCUT2D eigenvalue weighted by Gasteiger charge is 2.26. The second-order valence-corrected chi connectivity index (χ2v) is 4.31. The summed E-state index contributed by atoms with van der Waals surface area (Å²) in [5, 5.41) is 8.77. The average molecular weight is 197 g/mol. The largest absolute Gasteiger partial charge is 0.361 e. The Kier molecular flexibility index (Phi) is 3.83. The summed E-state index contributed by atoms with van der Waals surface area (Å²) in [4.78, 5) is 0. The second kappa shape index (κ2) is 4.69. The first-order valence-corrected chi connectivity index (χ1v) is 5.84. The monoisotopic (exact) mass is 197 g/mol. The molecule has 1 aliphatic carbocycles. The van der Waals surface area contributed by atoms with Crippen molar-refractivity contribution in [1.29, 1.82) is 5.26 Å². The molecule has 0 aromatic carbocycles. The van der Waals surface area contributed by atoms with Crippen LogP contribution in [0.5, 0.6) is 0 Å². The van der Waals surface area contributed by atoms with Gasteiger partial charge >= 0.3 is 0 Å². The summed E-state index contributed by atoms with van der Waals surface area (Å²) in [6.45, 7) is 2.06. The normalized spacial score (nSPS) is 27.9. The van der Waals surface area contributed by atoms with Crippen molar-refractivity contribution >= 4 is 11.8 Å². The van der Waals surface area contributed by atoms with Crippen LogP contribution in [0.25, 0.3) is 0 Å². The zero-order chi connectivity index (χ0) is 9.73. The molecule has 0 bridgehead atoms. The number of nitrogens with zero attached hydrogens (tertiary/aromatic N) is 1. The molecule has 2 nitrogen and oxygen atoms in total. The fourth-order valence-corrected chi connectivity index (χ4v) is 1.93. The van der Waals surface area contributed by atoms with Crippen LogP contribution in [0.4, 0.5) is 0 Å². The van der Waals surface area contributed by atoms with Gasteiger partial charge in [-0.3, -0.25) is 0 Å². The summed E-state index contributed by atoms with van der Waals surface area (Å²) in [6, 6.07) is 2.21. The third-order valence-electron chi connectivity index (χ3n) is 2.25. The molecule has 13 heavy (non-hydrogen) atoms. The molecular weight excluding hydrogens is 182 g/mol. The maximum Gasteiger partial charge on any atom is 0.0944 e. The Balaban J connectivity index is 2.62. The SMILES string of the molecule is CSCOC1(C)C=C(C#N)CCC1. The maximum atomic E-state index is 8.77. The van der Waals surface area contributed by atoms with E-state index in [1.165, 1.54) is 0 Å². The zero-order valence-electron chi connectivity index (χ0n) is 8.17. The molecule has 0 saturated carbocycles. The molecule has 1 rings (SSSR count). The predicted octanol–water partition coefficient (Wildman–Crippen LogP) is 2.72. The Labute approximate surface area is 84.0 Å². The molecular formula is C10H15NOS. The number of allylic oxidation sites excluding steroid dienone is 1. The van der Waals surface area contributed by atoms with Gasteiger partial charge in [-0.25, -0.2) is 0 Å². The molecule has 1 aliphatic rings. The molecule has 0 fully saturated rings. The number of thioether (sulfide) groups is 1. The smallest absolute Gasteiger partial charge is 0.0944 e. The topological polar surface area (TPSA) is 33.0 Å². The van der Waals surface area contributed by atoms with Gasteiger partial charge in [0.1, 0.15) is 0 Å².